The lowest BCUT2D eigenvalue weighted by Crippen LogP contribution is -2.45. The van der Waals surface area contributed by atoms with Gasteiger partial charge in [-0.3, -0.25) is 0 Å². The molecule has 4 nitrogen and oxygen atoms in total. The van der Waals surface area contributed by atoms with Crippen LogP contribution in [0.4, 0.5) is 5.69 Å². The van der Waals surface area contributed by atoms with Crippen LogP contribution in [0.25, 0.3) is 0 Å². The van der Waals surface area contributed by atoms with E-state index in [0.29, 0.717) is 11.3 Å². The van der Waals surface area contributed by atoms with E-state index in [1.165, 1.54) is 4.31 Å². The lowest BCUT2D eigenvalue weighted by molar-refractivity contribution is 0.270. The number of nitrogens with zero attached hydrogens (tertiary/aromatic N) is 1. The zero-order valence-electron chi connectivity index (χ0n) is 12.0. The summed E-state index contributed by atoms with van der Waals surface area (Å²) in [5.74, 6) is 0. The average molecular weight is 282 g/mol. The van der Waals surface area contributed by atoms with Gasteiger partial charge in [-0.25, -0.2) is 8.42 Å². The zero-order chi connectivity index (χ0) is 14.8. The van der Waals surface area contributed by atoms with Gasteiger partial charge in [0, 0.05) is 17.8 Å². The molecule has 5 heteroatoms. The summed E-state index contributed by atoms with van der Waals surface area (Å²) in [6.07, 6.45) is 1.59. The minimum Gasteiger partial charge on any atom is -0.398 e. The van der Waals surface area contributed by atoms with Gasteiger partial charge in [0.15, 0.2) is 0 Å². The van der Waals surface area contributed by atoms with E-state index in [1.54, 1.807) is 31.2 Å². The number of nitrogens with two attached hydrogens (primary N) is 1. The molecular weight excluding hydrogens is 260 g/mol. The van der Waals surface area contributed by atoms with Crippen LogP contribution in [-0.2, 0) is 10.0 Å². The molecule has 2 N–H and O–H groups in total. The maximum Gasteiger partial charge on any atom is 0.244 e. The van der Waals surface area contributed by atoms with Crippen LogP contribution in [-0.4, -0.2) is 24.8 Å². The molecule has 0 aliphatic rings. The summed E-state index contributed by atoms with van der Waals surface area (Å²) in [7, 11) is -3.59. The molecule has 0 aromatic heterocycles. The van der Waals surface area contributed by atoms with Gasteiger partial charge < -0.3 is 5.73 Å². The van der Waals surface area contributed by atoms with Gasteiger partial charge in [0.25, 0.3) is 0 Å². The van der Waals surface area contributed by atoms with Crippen LogP contribution in [0.3, 0.4) is 0 Å². The molecule has 1 aromatic carbocycles. The van der Waals surface area contributed by atoms with Crippen LogP contribution in [0.5, 0.6) is 0 Å². The van der Waals surface area contributed by atoms with Gasteiger partial charge in [0.1, 0.15) is 0 Å². The summed E-state index contributed by atoms with van der Waals surface area (Å²) in [5.41, 5.74) is 6.34. The molecule has 0 fully saturated rings. The van der Waals surface area contributed by atoms with E-state index in [-0.39, 0.29) is 11.4 Å². The number of nitrogen functional groups attached to an aromatic ring is 1. The van der Waals surface area contributed by atoms with E-state index in [4.69, 9.17) is 5.73 Å². The first kappa shape index (κ1) is 15.7. The normalized spacial score (nSPS) is 12.7. The van der Waals surface area contributed by atoms with Gasteiger partial charge in [-0.2, -0.15) is 4.31 Å². The van der Waals surface area contributed by atoms with Gasteiger partial charge in [-0.1, -0.05) is 12.1 Å². The van der Waals surface area contributed by atoms with Crippen molar-refractivity contribution in [3.63, 3.8) is 0 Å². The zero-order valence-corrected chi connectivity index (χ0v) is 12.8. The van der Waals surface area contributed by atoms with Crippen molar-refractivity contribution in [2.45, 2.75) is 38.1 Å². The van der Waals surface area contributed by atoms with Crippen molar-refractivity contribution >= 4 is 15.7 Å². The molecule has 106 valence electrons. The third-order valence-electron chi connectivity index (χ3n) is 2.94. The Morgan fingerprint density at radius 1 is 1.37 bits per heavy atom. The highest BCUT2D eigenvalue weighted by Gasteiger charge is 2.34. The van der Waals surface area contributed by atoms with Gasteiger partial charge in [-0.15, -0.1) is 6.58 Å². The summed E-state index contributed by atoms with van der Waals surface area (Å²) in [6.45, 7) is 11.2. The molecule has 0 spiro atoms. The largest absolute Gasteiger partial charge is 0.398 e. The highest BCUT2D eigenvalue weighted by molar-refractivity contribution is 7.89. The Morgan fingerprint density at radius 2 is 1.95 bits per heavy atom. The Labute approximate surface area is 116 Å². The number of anilines is 1. The van der Waals surface area contributed by atoms with E-state index in [0.717, 1.165) is 0 Å². The van der Waals surface area contributed by atoms with E-state index in [1.807, 2.05) is 20.8 Å². The van der Waals surface area contributed by atoms with Crippen LogP contribution >= 0.6 is 0 Å². The summed E-state index contributed by atoms with van der Waals surface area (Å²) in [5, 5.41) is 0. The lowest BCUT2D eigenvalue weighted by Gasteiger charge is -2.34. The van der Waals surface area contributed by atoms with Crippen molar-refractivity contribution in [1.29, 1.82) is 0 Å². The summed E-state index contributed by atoms with van der Waals surface area (Å²) >= 11 is 0. The van der Waals surface area contributed by atoms with Gasteiger partial charge in [-0.05, 0) is 45.4 Å². The second-order valence-corrected chi connectivity index (χ2v) is 7.30. The van der Waals surface area contributed by atoms with Crippen molar-refractivity contribution in [2.24, 2.45) is 0 Å². The molecule has 0 saturated heterocycles. The Bertz CT molecular complexity index is 572. The van der Waals surface area contributed by atoms with E-state index < -0.39 is 15.6 Å². The number of sulfonamides is 1. The van der Waals surface area contributed by atoms with Crippen molar-refractivity contribution in [1.82, 2.24) is 4.31 Å². The maximum absolute atomic E-state index is 12.8. The van der Waals surface area contributed by atoms with Crippen LogP contribution in [0, 0.1) is 6.92 Å². The number of hydrogen-bond donors (Lipinski definition) is 1. The fraction of sp³-hybridized carbons (Fsp3) is 0.429. The highest BCUT2D eigenvalue weighted by atomic mass is 32.2. The second-order valence-electron chi connectivity index (χ2n) is 5.47. The summed E-state index contributed by atoms with van der Waals surface area (Å²) in [4.78, 5) is 0.254. The number of hydrogen-bond acceptors (Lipinski definition) is 3. The molecule has 19 heavy (non-hydrogen) atoms. The predicted octanol–water partition coefficient (Wildman–Crippen LogP) is 2.55. The highest BCUT2D eigenvalue weighted by Crippen LogP contribution is 2.28. The smallest absolute Gasteiger partial charge is 0.244 e. The van der Waals surface area contributed by atoms with E-state index in [2.05, 4.69) is 6.58 Å². The lowest BCUT2D eigenvalue weighted by atomic mass is 10.1. The molecule has 1 rings (SSSR count). The SMILES string of the molecule is C=CCN(C(C)(C)C)S(=O)(=O)c1cccc(N)c1C. The van der Waals surface area contributed by atoms with E-state index >= 15 is 0 Å². The quantitative estimate of drug-likeness (QED) is 0.682. The van der Waals surface area contributed by atoms with Crippen LogP contribution in [0.1, 0.15) is 26.3 Å². The summed E-state index contributed by atoms with van der Waals surface area (Å²) < 4.78 is 27.0. The number of benzene rings is 1. The predicted molar refractivity (Wildman–Crippen MR) is 79.4 cm³/mol. The minimum atomic E-state index is -3.59. The van der Waals surface area contributed by atoms with Gasteiger partial charge >= 0.3 is 0 Å². The average Bonchev–Trinajstić information content (AvgIpc) is 2.27. The van der Waals surface area contributed by atoms with Crippen molar-refractivity contribution < 1.29 is 8.42 Å². The van der Waals surface area contributed by atoms with Crippen molar-refractivity contribution in [2.75, 3.05) is 12.3 Å². The van der Waals surface area contributed by atoms with Gasteiger partial charge in [0.2, 0.25) is 10.0 Å². The molecule has 0 atom stereocenters. The first-order valence-electron chi connectivity index (χ1n) is 6.11. The molecule has 1 aromatic rings. The fourth-order valence-corrected chi connectivity index (χ4v) is 3.89. The maximum atomic E-state index is 12.8. The third-order valence-corrected chi connectivity index (χ3v) is 5.21. The first-order valence-corrected chi connectivity index (χ1v) is 7.55. The Morgan fingerprint density at radius 3 is 2.42 bits per heavy atom. The van der Waals surface area contributed by atoms with Crippen molar-refractivity contribution in [3.05, 3.63) is 36.4 Å². The molecule has 0 radical (unpaired) electrons. The van der Waals surface area contributed by atoms with Crippen LogP contribution < -0.4 is 5.73 Å². The first-order chi connectivity index (χ1) is 8.62. The molecule has 0 amide bonds. The topological polar surface area (TPSA) is 63.4 Å². The molecule has 0 bridgehead atoms. The Balaban J connectivity index is 3.44. The monoisotopic (exact) mass is 282 g/mol. The molecule has 0 unspecified atom stereocenters. The number of rotatable bonds is 4. The van der Waals surface area contributed by atoms with Crippen LogP contribution in [0.2, 0.25) is 0 Å². The van der Waals surface area contributed by atoms with Crippen molar-refractivity contribution in [3.8, 4) is 0 Å². The molecule has 0 aliphatic carbocycles. The second kappa shape index (κ2) is 5.35. The van der Waals surface area contributed by atoms with Crippen LogP contribution in [0.15, 0.2) is 35.7 Å². The summed E-state index contributed by atoms with van der Waals surface area (Å²) in [6, 6.07) is 4.94. The minimum absolute atomic E-state index is 0.254. The third kappa shape index (κ3) is 3.16. The standard InChI is InChI=1S/C14H22N2O2S/c1-6-10-16(14(3,4)5)19(17,18)13-9-7-8-12(15)11(13)2/h6-9H,1,10,15H2,2-5H3. The molecule has 0 heterocycles. The Hall–Kier alpha value is -1.33. The van der Waals surface area contributed by atoms with E-state index in [9.17, 15) is 8.42 Å². The molecular formula is C14H22N2O2S. The van der Waals surface area contributed by atoms with Gasteiger partial charge in [0.05, 0.1) is 4.90 Å². The molecule has 0 saturated carbocycles. The molecule has 0 aliphatic heterocycles. The fourth-order valence-electron chi connectivity index (χ4n) is 1.88. The Kier molecular flexibility index (Phi) is 4.43.